The molecule has 1 rings (SSSR count). The van der Waals surface area contributed by atoms with Gasteiger partial charge in [-0.25, -0.2) is 4.39 Å². The SMILES string of the molecule is CCOC(=O)C(C)(CC#N)c1cc(Br)ccc1F. The van der Waals surface area contributed by atoms with Crippen LogP contribution in [0.2, 0.25) is 0 Å². The van der Waals surface area contributed by atoms with Gasteiger partial charge in [-0.05, 0) is 32.0 Å². The van der Waals surface area contributed by atoms with Crippen molar-refractivity contribution in [3.05, 3.63) is 34.1 Å². The van der Waals surface area contributed by atoms with E-state index >= 15 is 0 Å². The minimum atomic E-state index is -1.29. The average molecular weight is 314 g/mol. The number of hydrogen-bond donors (Lipinski definition) is 0. The Morgan fingerprint density at radius 1 is 1.61 bits per heavy atom. The van der Waals surface area contributed by atoms with Gasteiger partial charge in [-0.2, -0.15) is 5.26 Å². The molecule has 0 spiro atoms. The number of benzene rings is 1. The predicted molar refractivity (Wildman–Crippen MR) is 68.3 cm³/mol. The molecule has 18 heavy (non-hydrogen) atoms. The van der Waals surface area contributed by atoms with E-state index in [-0.39, 0.29) is 18.6 Å². The first-order chi connectivity index (χ1) is 8.45. The normalized spacial score (nSPS) is 13.5. The van der Waals surface area contributed by atoms with Crippen molar-refractivity contribution >= 4 is 21.9 Å². The van der Waals surface area contributed by atoms with Gasteiger partial charge >= 0.3 is 5.97 Å². The lowest BCUT2D eigenvalue weighted by Gasteiger charge is -2.25. The molecule has 3 nitrogen and oxygen atoms in total. The van der Waals surface area contributed by atoms with Gasteiger partial charge < -0.3 is 4.74 Å². The number of carbonyl (C=O) groups is 1. The molecule has 0 bridgehead atoms. The second-order valence-corrected chi connectivity index (χ2v) is 4.93. The highest BCUT2D eigenvalue weighted by atomic mass is 79.9. The summed E-state index contributed by atoms with van der Waals surface area (Å²) in [4.78, 5) is 12.0. The molecule has 1 unspecified atom stereocenters. The minimum Gasteiger partial charge on any atom is -0.465 e. The Morgan fingerprint density at radius 2 is 2.28 bits per heavy atom. The van der Waals surface area contributed by atoms with Crippen molar-refractivity contribution in [3.63, 3.8) is 0 Å². The second kappa shape index (κ2) is 5.96. The third-order valence-electron chi connectivity index (χ3n) is 2.68. The highest BCUT2D eigenvalue weighted by Crippen LogP contribution is 2.32. The zero-order valence-electron chi connectivity index (χ0n) is 10.2. The van der Waals surface area contributed by atoms with Gasteiger partial charge in [-0.1, -0.05) is 15.9 Å². The molecule has 1 aromatic carbocycles. The van der Waals surface area contributed by atoms with Crippen LogP contribution in [0.15, 0.2) is 22.7 Å². The summed E-state index contributed by atoms with van der Waals surface area (Å²) in [5.74, 6) is -1.12. The summed E-state index contributed by atoms with van der Waals surface area (Å²) < 4.78 is 19.4. The number of nitriles is 1. The van der Waals surface area contributed by atoms with Crippen molar-refractivity contribution in [2.45, 2.75) is 25.7 Å². The third kappa shape index (κ3) is 2.88. The number of hydrogen-bond acceptors (Lipinski definition) is 3. The van der Waals surface area contributed by atoms with Crippen LogP contribution in [0.1, 0.15) is 25.8 Å². The van der Waals surface area contributed by atoms with Crippen LogP contribution in [0.5, 0.6) is 0 Å². The van der Waals surface area contributed by atoms with Gasteiger partial charge in [0.25, 0.3) is 0 Å². The van der Waals surface area contributed by atoms with E-state index in [9.17, 15) is 9.18 Å². The van der Waals surface area contributed by atoms with Gasteiger partial charge in [0, 0.05) is 10.0 Å². The quantitative estimate of drug-likeness (QED) is 0.801. The van der Waals surface area contributed by atoms with Crippen LogP contribution in [0, 0.1) is 17.1 Å². The summed E-state index contributed by atoms with van der Waals surface area (Å²) in [7, 11) is 0. The lowest BCUT2D eigenvalue weighted by Crippen LogP contribution is -2.35. The molecule has 0 radical (unpaired) electrons. The fourth-order valence-electron chi connectivity index (χ4n) is 1.65. The smallest absolute Gasteiger partial charge is 0.317 e. The van der Waals surface area contributed by atoms with E-state index in [0.29, 0.717) is 4.47 Å². The van der Waals surface area contributed by atoms with Crippen molar-refractivity contribution in [2.24, 2.45) is 0 Å². The lowest BCUT2D eigenvalue weighted by atomic mass is 9.79. The first-order valence-corrected chi connectivity index (χ1v) is 6.24. The maximum Gasteiger partial charge on any atom is 0.317 e. The van der Waals surface area contributed by atoms with Gasteiger partial charge in [0.2, 0.25) is 0 Å². The molecule has 96 valence electrons. The maximum absolute atomic E-state index is 13.9. The molecule has 1 atom stereocenters. The number of esters is 1. The number of ether oxygens (including phenoxy) is 1. The van der Waals surface area contributed by atoms with E-state index in [0.717, 1.165) is 0 Å². The van der Waals surface area contributed by atoms with Crippen molar-refractivity contribution in [2.75, 3.05) is 6.61 Å². The molecule has 0 aromatic heterocycles. The lowest BCUT2D eigenvalue weighted by molar-refractivity contribution is -0.149. The third-order valence-corrected chi connectivity index (χ3v) is 3.17. The van der Waals surface area contributed by atoms with E-state index in [2.05, 4.69) is 15.9 Å². The Hall–Kier alpha value is -1.41. The van der Waals surface area contributed by atoms with Crippen LogP contribution in [0.3, 0.4) is 0 Å². The Morgan fingerprint density at radius 3 is 2.83 bits per heavy atom. The topological polar surface area (TPSA) is 50.1 Å². The van der Waals surface area contributed by atoms with E-state index in [1.54, 1.807) is 6.92 Å². The molecule has 0 amide bonds. The molecule has 0 saturated heterocycles. The van der Waals surface area contributed by atoms with Gasteiger partial charge in [-0.15, -0.1) is 0 Å². The van der Waals surface area contributed by atoms with E-state index < -0.39 is 17.2 Å². The molecule has 0 N–H and O–H groups in total. The van der Waals surface area contributed by atoms with Crippen LogP contribution in [0.25, 0.3) is 0 Å². The first kappa shape index (κ1) is 14.7. The van der Waals surface area contributed by atoms with Gasteiger partial charge in [0.1, 0.15) is 11.2 Å². The number of rotatable bonds is 4. The molecule has 1 aromatic rings. The number of carbonyl (C=O) groups excluding carboxylic acids is 1. The Balaban J connectivity index is 3.31. The summed E-state index contributed by atoms with van der Waals surface area (Å²) in [5, 5.41) is 8.85. The van der Waals surface area contributed by atoms with Crippen molar-refractivity contribution in [1.82, 2.24) is 0 Å². The molecule has 5 heteroatoms. The highest BCUT2D eigenvalue weighted by Gasteiger charge is 2.39. The Kier molecular flexibility index (Phi) is 4.85. The van der Waals surface area contributed by atoms with Crippen LogP contribution in [0.4, 0.5) is 4.39 Å². The summed E-state index contributed by atoms with van der Waals surface area (Å²) in [5.41, 5.74) is -1.13. The van der Waals surface area contributed by atoms with Gasteiger partial charge in [0.15, 0.2) is 0 Å². The zero-order valence-corrected chi connectivity index (χ0v) is 11.8. The van der Waals surface area contributed by atoms with Gasteiger partial charge in [-0.3, -0.25) is 4.79 Å². The first-order valence-electron chi connectivity index (χ1n) is 5.45. The van der Waals surface area contributed by atoms with E-state index in [1.807, 2.05) is 6.07 Å². The molecule has 0 aliphatic rings. The molecule has 0 aliphatic carbocycles. The number of nitrogens with zero attached hydrogens (tertiary/aromatic N) is 1. The van der Waals surface area contributed by atoms with Crippen LogP contribution in [-0.2, 0) is 14.9 Å². The second-order valence-electron chi connectivity index (χ2n) is 4.01. The van der Waals surface area contributed by atoms with Crippen LogP contribution in [-0.4, -0.2) is 12.6 Å². The van der Waals surface area contributed by atoms with E-state index in [4.69, 9.17) is 10.00 Å². The van der Waals surface area contributed by atoms with Crippen molar-refractivity contribution < 1.29 is 13.9 Å². The Labute approximate surface area is 114 Å². The fourth-order valence-corrected chi connectivity index (χ4v) is 2.01. The maximum atomic E-state index is 13.9. The molecule has 0 aliphatic heterocycles. The molecule has 0 saturated carbocycles. The average Bonchev–Trinajstić information content (AvgIpc) is 2.32. The molecule has 0 heterocycles. The largest absolute Gasteiger partial charge is 0.465 e. The van der Waals surface area contributed by atoms with Crippen molar-refractivity contribution in [3.8, 4) is 6.07 Å². The van der Waals surface area contributed by atoms with Gasteiger partial charge in [0.05, 0.1) is 19.1 Å². The zero-order chi connectivity index (χ0) is 13.8. The van der Waals surface area contributed by atoms with E-state index in [1.165, 1.54) is 25.1 Å². The summed E-state index contributed by atoms with van der Waals surface area (Å²) >= 11 is 3.23. The number of halogens is 2. The summed E-state index contributed by atoms with van der Waals surface area (Å²) in [6, 6.07) is 6.21. The minimum absolute atomic E-state index is 0.140. The fraction of sp³-hybridized carbons (Fsp3) is 0.385. The molecular weight excluding hydrogens is 301 g/mol. The highest BCUT2D eigenvalue weighted by molar-refractivity contribution is 9.10. The summed E-state index contributed by atoms with van der Waals surface area (Å²) in [6.07, 6.45) is -0.140. The molecular formula is C13H13BrFNO2. The standard InChI is InChI=1S/C13H13BrFNO2/c1-3-18-12(17)13(2,6-7-16)10-8-9(14)4-5-11(10)15/h4-5,8H,3,6H2,1-2H3. The monoisotopic (exact) mass is 313 g/mol. The van der Waals surface area contributed by atoms with Crippen LogP contribution < -0.4 is 0 Å². The molecule has 0 fully saturated rings. The summed E-state index contributed by atoms with van der Waals surface area (Å²) in [6.45, 7) is 3.37. The van der Waals surface area contributed by atoms with Crippen molar-refractivity contribution in [1.29, 1.82) is 5.26 Å². The van der Waals surface area contributed by atoms with Crippen LogP contribution >= 0.6 is 15.9 Å². The predicted octanol–water partition coefficient (Wildman–Crippen LogP) is 3.32. The Bertz CT molecular complexity index is 498.